The number of hydrogen-bond acceptors (Lipinski definition) is 5. The second kappa shape index (κ2) is 10.9. The quantitative estimate of drug-likeness (QED) is 0.719. The Morgan fingerprint density at radius 2 is 1.94 bits per heavy atom. The summed E-state index contributed by atoms with van der Waals surface area (Å²) in [5, 5.41) is 5.96. The number of benzene rings is 2. The first-order valence-corrected chi connectivity index (χ1v) is 12.2. The van der Waals surface area contributed by atoms with E-state index >= 15 is 0 Å². The molecule has 0 saturated carbocycles. The van der Waals surface area contributed by atoms with Gasteiger partial charge in [-0.3, -0.25) is 4.90 Å². The van der Waals surface area contributed by atoms with Crippen LogP contribution in [0.1, 0.15) is 11.1 Å². The Morgan fingerprint density at radius 1 is 1.13 bits per heavy atom. The number of morpholine rings is 1. The topological polar surface area (TPSA) is 56.8 Å². The van der Waals surface area contributed by atoms with Crippen molar-refractivity contribution in [3.05, 3.63) is 59.7 Å². The van der Waals surface area contributed by atoms with Gasteiger partial charge in [0.05, 0.1) is 12.7 Å². The fraction of sp³-hybridized carbons (Fsp3) is 0.458. The zero-order valence-electron chi connectivity index (χ0n) is 18.2. The summed E-state index contributed by atoms with van der Waals surface area (Å²) in [6, 6.07) is 16.6. The van der Waals surface area contributed by atoms with Crippen LogP contribution in [-0.4, -0.2) is 67.9 Å². The molecule has 2 heterocycles. The lowest BCUT2D eigenvalue weighted by atomic mass is 10.1. The van der Waals surface area contributed by atoms with E-state index in [9.17, 15) is 4.79 Å². The van der Waals surface area contributed by atoms with Gasteiger partial charge in [-0.1, -0.05) is 30.3 Å². The summed E-state index contributed by atoms with van der Waals surface area (Å²) < 4.78 is 5.86. The summed E-state index contributed by atoms with van der Waals surface area (Å²) in [4.78, 5) is 17.3. The Kier molecular flexibility index (Phi) is 7.72. The number of ether oxygens (including phenoxy) is 1. The van der Waals surface area contributed by atoms with Crippen LogP contribution < -0.4 is 15.5 Å². The van der Waals surface area contributed by atoms with Crippen LogP contribution in [-0.2, 0) is 11.3 Å². The zero-order valence-corrected chi connectivity index (χ0v) is 19.0. The van der Waals surface area contributed by atoms with Gasteiger partial charge < -0.3 is 20.3 Å². The van der Waals surface area contributed by atoms with E-state index in [0.717, 1.165) is 44.0 Å². The lowest BCUT2D eigenvalue weighted by Gasteiger charge is -2.33. The Balaban J connectivity index is 1.24. The zero-order chi connectivity index (χ0) is 21.5. The van der Waals surface area contributed by atoms with Crippen LogP contribution in [0.25, 0.3) is 0 Å². The van der Waals surface area contributed by atoms with Crippen LogP contribution in [0.5, 0.6) is 0 Å². The molecule has 1 atom stereocenters. The maximum atomic E-state index is 12.5. The van der Waals surface area contributed by atoms with Crippen molar-refractivity contribution in [2.45, 2.75) is 19.6 Å². The summed E-state index contributed by atoms with van der Waals surface area (Å²) in [6.45, 7) is 8.05. The first kappa shape index (κ1) is 22.0. The molecule has 0 aromatic heterocycles. The molecular formula is C24H32N4O2S. The molecular weight excluding hydrogens is 408 g/mol. The minimum Gasteiger partial charge on any atom is -0.374 e. The molecule has 2 fully saturated rings. The van der Waals surface area contributed by atoms with Gasteiger partial charge in [0.1, 0.15) is 0 Å². The normalized spacial score (nSPS) is 19.8. The van der Waals surface area contributed by atoms with Gasteiger partial charge in [-0.25, -0.2) is 4.79 Å². The number of rotatable bonds is 6. The fourth-order valence-electron chi connectivity index (χ4n) is 4.07. The molecule has 2 aromatic rings. The van der Waals surface area contributed by atoms with Crippen LogP contribution in [0.2, 0.25) is 0 Å². The third kappa shape index (κ3) is 6.38. The van der Waals surface area contributed by atoms with Crippen molar-refractivity contribution in [1.82, 2.24) is 10.2 Å². The van der Waals surface area contributed by atoms with Gasteiger partial charge in [-0.05, 0) is 36.2 Å². The van der Waals surface area contributed by atoms with Crippen molar-refractivity contribution in [2.24, 2.45) is 0 Å². The maximum Gasteiger partial charge on any atom is 0.319 e. The molecule has 0 bridgehead atoms. The fourth-order valence-corrected chi connectivity index (χ4v) is 4.97. The van der Waals surface area contributed by atoms with Crippen LogP contribution in [0.3, 0.4) is 0 Å². The first-order valence-electron chi connectivity index (χ1n) is 11.0. The maximum absolute atomic E-state index is 12.5. The molecule has 31 heavy (non-hydrogen) atoms. The molecule has 0 radical (unpaired) electrons. The van der Waals surface area contributed by atoms with Gasteiger partial charge >= 0.3 is 6.03 Å². The molecule has 2 saturated heterocycles. The van der Waals surface area contributed by atoms with Crippen molar-refractivity contribution in [3.8, 4) is 0 Å². The van der Waals surface area contributed by atoms with E-state index in [2.05, 4.69) is 56.8 Å². The molecule has 4 rings (SSSR count). The average molecular weight is 441 g/mol. The second-order valence-electron chi connectivity index (χ2n) is 8.15. The lowest BCUT2D eigenvalue weighted by Crippen LogP contribution is -2.47. The van der Waals surface area contributed by atoms with E-state index in [1.165, 1.54) is 22.8 Å². The van der Waals surface area contributed by atoms with Crippen molar-refractivity contribution in [3.63, 3.8) is 0 Å². The van der Waals surface area contributed by atoms with E-state index in [4.69, 9.17) is 4.74 Å². The van der Waals surface area contributed by atoms with Gasteiger partial charge in [-0.2, -0.15) is 11.8 Å². The molecule has 7 heteroatoms. The van der Waals surface area contributed by atoms with Gasteiger partial charge in [0.2, 0.25) is 0 Å². The summed E-state index contributed by atoms with van der Waals surface area (Å²) >= 11 is 2.01. The molecule has 2 aliphatic heterocycles. The molecule has 6 nitrogen and oxygen atoms in total. The number of aryl methyl sites for hydroxylation is 1. The molecule has 0 aliphatic carbocycles. The number of nitrogens with zero attached hydrogens (tertiary/aromatic N) is 2. The number of urea groups is 1. The highest BCUT2D eigenvalue weighted by molar-refractivity contribution is 7.99. The summed E-state index contributed by atoms with van der Waals surface area (Å²) in [7, 11) is 0. The van der Waals surface area contributed by atoms with Crippen LogP contribution in [0.15, 0.2) is 48.5 Å². The molecule has 2 amide bonds. The number of nitrogens with one attached hydrogen (secondary N) is 2. The van der Waals surface area contributed by atoms with Gasteiger partial charge in [-0.15, -0.1) is 0 Å². The number of carbonyl (C=O) groups excluding carboxylic acids is 1. The Morgan fingerprint density at radius 3 is 2.71 bits per heavy atom. The smallest absolute Gasteiger partial charge is 0.319 e. The van der Waals surface area contributed by atoms with E-state index in [1.54, 1.807) is 0 Å². The molecule has 2 aromatic carbocycles. The summed E-state index contributed by atoms with van der Waals surface area (Å²) in [5.74, 6) is 2.35. The highest BCUT2D eigenvalue weighted by Crippen LogP contribution is 2.25. The molecule has 2 aliphatic rings. The molecule has 2 N–H and O–H groups in total. The van der Waals surface area contributed by atoms with Crippen LogP contribution in [0, 0.1) is 6.92 Å². The number of anilines is 2. The number of carbonyl (C=O) groups is 1. The van der Waals surface area contributed by atoms with Gasteiger partial charge in [0.15, 0.2) is 0 Å². The standard InChI is InChI=1S/C24H32N4O2S/c1-19-15-21(28-10-13-31-14-11-28)7-8-23(19)26-24(29)25-16-22-18-27(9-12-30-22)17-20-5-3-2-4-6-20/h2-8,15,22H,9-14,16-18H2,1H3,(H2,25,26,29). The average Bonchev–Trinajstić information content (AvgIpc) is 2.80. The van der Waals surface area contributed by atoms with Crippen molar-refractivity contribution >= 4 is 29.2 Å². The summed E-state index contributed by atoms with van der Waals surface area (Å²) in [6.07, 6.45) is 0.00339. The predicted molar refractivity (Wildman–Crippen MR) is 129 cm³/mol. The Labute approximate surface area is 189 Å². The second-order valence-corrected chi connectivity index (χ2v) is 9.37. The summed E-state index contributed by atoms with van der Waals surface area (Å²) in [5.41, 5.74) is 4.46. The molecule has 0 spiro atoms. The lowest BCUT2D eigenvalue weighted by molar-refractivity contribution is -0.0285. The Hall–Kier alpha value is -2.22. The number of hydrogen-bond donors (Lipinski definition) is 2. The third-order valence-corrected chi connectivity index (χ3v) is 6.74. The monoisotopic (exact) mass is 440 g/mol. The minimum absolute atomic E-state index is 0.00339. The first-order chi connectivity index (χ1) is 15.2. The van der Waals surface area contributed by atoms with Crippen LogP contribution in [0.4, 0.5) is 16.2 Å². The van der Waals surface area contributed by atoms with Gasteiger partial charge in [0.25, 0.3) is 0 Å². The van der Waals surface area contributed by atoms with Crippen molar-refractivity contribution in [2.75, 3.05) is 61.1 Å². The van der Waals surface area contributed by atoms with E-state index < -0.39 is 0 Å². The molecule has 166 valence electrons. The van der Waals surface area contributed by atoms with E-state index in [-0.39, 0.29) is 12.1 Å². The number of thioether (sulfide) groups is 1. The highest BCUT2D eigenvalue weighted by Gasteiger charge is 2.21. The van der Waals surface area contributed by atoms with E-state index in [0.29, 0.717) is 13.2 Å². The minimum atomic E-state index is -0.186. The molecule has 1 unspecified atom stereocenters. The predicted octanol–water partition coefficient (Wildman–Crippen LogP) is 3.57. The van der Waals surface area contributed by atoms with Crippen LogP contribution >= 0.6 is 11.8 Å². The van der Waals surface area contributed by atoms with E-state index in [1.807, 2.05) is 30.8 Å². The SMILES string of the molecule is Cc1cc(N2CCSCC2)ccc1NC(=O)NCC1CN(Cc2ccccc2)CCO1. The van der Waals surface area contributed by atoms with Crippen molar-refractivity contribution in [1.29, 1.82) is 0 Å². The Bertz CT molecular complexity index is 858. The highest BCUT2D eigenvalue weighted by atomic mass is 32.2. The largest absolute Gasteiger partial charge is 0.374 e. The third-order valence-electron chi connectivity index (χ3n) is 5.80. The van der Waals surface area contributed by atoms with Crippen molar-refractivity contribution < 1.29 is 9.53 Å². The number of amides is 2. The van der Waals surface area contributed by atoms with Gasteiger partial charge in [0, 0.05) is 62.1 Å².